The number of hydrogen-bond acceptors (Lipinski definition) is 6. The highest BCUT2D eigenvalue weighted by Crippen LogP contribution is 2.41. The summed E-state index contributed by atoms with van der Waals surface area (Å²) in [5.41, 5.74) is 1.46. The van der Waals surface area contributed by atoms with E-state index in [1.54, 1.807) is 6.92 Å². The van der Waals surface area contributed by atoms with Crippen molar-refractivity contribution in [1.29, 1.82) is 0 Å². The molecule has 2 rings (SSSR count). The summed E-state index contributed by atoms with van der Waals surface area (Å²) < 4.78 is 10.1. The number of thiophene rings is 1. The van der Waals surface area contributed by atoms with Gasteiger partial charge in [0, 0.05) is 11.8 Å². The first-order chi connectivity index (χ1) is 12.4. The maximum absolute atomic E-state index is 12.5. The van der Waals surface area contributed by atoms with Crippen LogP contribution in [0.3, 0.4) is 0 Å². The Balaban J connectivity index is 2.28. The van der Waals surface area contributed by atoms with E-state index in [0.717, 1.165) is 42.5 Å². The van der Waals surface area contributed by atoms with Crippen LogP contribution in [-0.2, 0) is 31.9 Å². The number of rotatable bonds is 7. The first-order valence-electron chi connectivity index (χ1n) is 9.17. The van der Waals surface area contributed by atoms with E-state index in [-0.39, 0.29) is 6.61 Å². The van der Waals surface area contributed by atoms with Gasteiger partial charge in [0.1, 0.15) is 5.00 Å². The molecule has 0 aromatic carbocycles. The van der Waals surface area contributed by atoms with E-state index in [2.05, 4.69) is 12.2 Å². The van der Waals surface area contributed by atoms with Crippen LogP contribution in [-0.4, -0.2) is 30.6 Å². The SMILES string of the molecule is CCCC1CCc2c(sc(NC(=O)C(C)OC(C)=O)c2C(=O)OCC)C1. The van der Waals surface area contributed by atoms with E-state index in [1.165, 1.54) is 25.2 Å². The van der Waals surface area contributed by atoms with Crippen LogP contribution in [0.4, 0.5) is 5.00 Å². The average Bonchev–Trinajstić information content (AvgIpc) is 2.91. The number of nitrogens with one attached hydrogen (secondary N) is 1. The molecule has 0 aliphatic heterocycles. The molecule has 1 aliphatic carbocycles. The van der Waals surface area contributed by atoms with Gasteiger partial charge in [0.05, 0.1) is 12.2 Å². The second kappa shape index (κ2) is 9.16. The third kappa shape index (κ3) is 4.84. The summed E-state index contributed by atoms with van der Waals surface area (Å²) in [6, 6.07) is 0. The van der Waals surface area contributed by atoms with Crippen molar-refractivity contribution in [2.24, 2.45) is 5.92 Å². The number of carbonyl (C=O) groups excluding carboxylic acids is 3. The Bertz CT molecular complexity index is 682. The van der Waals surface area contributed by atoms with E-state index in [4.69, 9.17) is 9.47 Å². The van der Waals surface area contributed by atoms with E-state index >= 15 is 0 Å². The summed E-state index contributed by atoms with van der Waals surface area (Å²) in [4.78, 5) is 37.0. The van der Waals surface area contributed by atoms with Gasteiger partial charge in [-0.3, -0.25) is 9.59 Å². The summed E-state index contributed by atoms with van der Waals surface area (Å²) in [5, 5.41) is 3.26. The zero-order chi connectivity index (χ0) is 19.3. The Morgan fingerprint density at radius 1 is 1.31 bits per heavy atom. The standard InChI is InChI=1S/C19H27NO5S/c1-5-7-13-8-9-14-15(10-13)26-18(16(14)19(23)24-6-2)20-17(22)11(3)25-12(4)21/h11,13H,5-10H2,1-4H3,(H,20,22). The molecule has 0 fully saturated rings. The van der Waals surface area contributed by atoms with E-state index in [0.29, 0.717) is 16.5 Å². The Kier molecular flexibility index (Phi) is 7.20. The van der Waals surface area contributed by atoms with Crippen LogP contribution in [0.2, 0.25) is 0 Å². The predicted octanol–water partition coefficient (Wildman–Crippen LogP) is 3.72. The van der Waals surface area contributed by atoms with Crippen LogP contribution in [0, 0.1) is 5.92 Å². The molecule has 0 bridgehead atoms. The molecule has 2 atom stereocenters. The fourth-order valence-electron chi connectivity index (χ4n) is 3.33. The molecule has 144 valence electrons. The highest BCUT2D eigenvalue weighted by Gasteiger charge is 2.30. The Morgan fingerprint density at radius 2 is 2.04 bits per heavy atom. The van der Waals surface area contributed by atoms with Crippen LogP contribution in [0.5, 0.6) is 0 Å². The number of carbonyl (C=O) groups is 3. The highest BCUT2D eigenvalue weighted by atomic mass is 32.1. The van der Waals surface area contributed by atoms with E-state index in [1.807, 2.05) is 0 Å². The van der Waals surface area contributed by atoms with Gasteiger partial charge in [-0.15, -0.1) is 11.3 Å². The smallest absolute Gasteiger partial charge is 0.341 e. The molecular formula is C19H27NO5S. The summed E-state index contributed by atoms with van der Waals surface area (Å²) in [5.74, 6) is -0.764. The van der Waals surface area contributed by atoms with Crippen LogP contribution < -0.4 is 5.32 Å². The lowest BCUT2D eigenvalue weighted by atomic mass is 9.84. The summed E-state index contributed by atoms with van der Waals surface area (Å²) in [6.07, 6.45) is 4.17. The van der Waals surface area contributed by atoms with Gasteiger partial charge in [0.25, 0.3) is 5.91 Å². The molecule has 1 aromatic rings. The average molecular weight is 381 g/mol. The minimum absolute atomic E-state index is 0.277. The third-order valence-corrected chi connectivity index (χ3v) is 5.66. The molecule has 1 heterocycles. The fraction of sp³-hybridized carbons (Fsp3) is 0.632. The number of fused-ring (bicyclic) bond motifs is 1. The molecule has 0 radical (unpaired) electrons. The molecule has 7 heteroatoms. The highest BCUT2D eigenvalue weighted by molar-refractivity contribution is 7.17. The lowest BCUT2D eigenvalue weighted by Gasteiger charge is -2.21. The van der Waals surface area contributed by atoms with E-state index in [9.17, 15) is 14.4 Å². The predicted molar refractivity (Wildman–Crippen MR) is 101 cm³/mol. The number of ether oxygens (including phenoxy) is 2. The molecule has 26 heavy (non-hydrogen) atoms. The molecule has 0 spiro atoms. The van der Waals surface area contributed by atoms with Crippen molar-refractivity contribution in [3.05, 3.63) is 16.0 Å². The quantitative estimate of drug-likeness (QED) is 0.728. The number of hydrogen-bond donors (Lipinski definition) is 1. The zero-order valence-electron chi connectivity index (χ0n) is 15.8. The van der Waals surface area contributed by atoms with Gasteiger partial charge in [-0.05, 0) is 44.6 Å². The topological polar surface area (TPSA) is 81.7 Å². The minimum atomic E-state index is -0.922. The zero-order valence-corrected chi connectivity index (χ0v) is 16.7. The van der Waals surface area contributed by atoms with Crippen molar-refractivity contribution in [3.63, 3.8) is 0 Å². The fourth-order valence-corrected chi connectivity index (χ4v) is 4.69. The molecule has 1 amide bonds. The molecule has 1 N–H and O–H groups in total. The summed E-state index contributed by atoms with van der Waals surface area (Å²) >= 11 is 1.44. The van der Waals surface area contributed by atoms with Crippen LogP contribution in [0.1, 0.15) is 67.8 Å². The van der Waals surface area contributed by atoms with Crippen molar-refractivity contribution < 1.29 is 23.9 Å². The van der Waals surface area contributed by atoms with E-state index < -0.39 is 23.9 Å². The van der Waals surface area contributed by atoms with Gasteiger partial charge < -0.3 is 14.8 Å². The Morgan fingerprint density at radius 3 is 2.65 bits per heavy atom. The Labute approximate surface area is 158 Å². The van der Waals surface area contributed by atoms with Gasteiger partial charge in [0.15, 0.2) is 6.10 Å². The summed E-state index contributed by atoms with van der Waals surface area (Å²) in [6.45, 7) is 6.97. The lowest BCUT2D eigenvalue weighted by molar-refractivity contribution is -0.150. The Hall–Kier alpha value is -1.89. The maximum atomic E-state index is 12.5. The first kappa shape index (κ1) is 20.4. The van der Waals surface area contributed by atoms with Crippen molar-refractivity contribution in [3.8, 4) is 0 Å². The second-order valence-electron chi connectivity index (χ2n) is 6.57. The van der Waals surface area contributed by atoms with Gasteiger partial charge in [-0.1, -0.05) is 19.8 Å². The molecular weight excluding hydrogens is 354 g/mol. The van der Waals surface area contributed by atoms with Gasteiger partial charge in [-0.25, -0.2) is 4.79 Å². The first-order valence-corrected chi connectivity index (χ1v) is 9.98. The van der Waals surface area contributed by atoms with Crippen molar-refractivity contribution in [2.75, 3.05) is 11.9 Å². The molecule has 0 saturated carbocycles. The molecule has 6 nitrogen and oxygen atoms in total. The van der Waals surface area contributed by atoms with Gasteiger partial charge >= 0.3 is 11.9 Å². The number of amides is 1. The largest absolute Gasteiger partial charge is 0.462 e. The summed E-state index contributed by atoms with van der Waals surface area (Å²) in [7, 11) is 0. The normalized spacial score (nSPS) is 17.2. The molecule has 2 unspecified atom stereocenters. The van der Waals surface area contributed by atoms with Crippen molar-refractivity contribution in [1.82, 2.24) is 0 Å². The number of anilines is 1. The second-order valence-corrected chi connectivity index (χ2v) is 7.67. The maximum Gasteiger partial charge on any atom is 0.341 e. The number of esters is 2. The monoisotopic (exact) mass is 381 g/mol. The van der Waals surface area contributed by atoms with Crippen LogP contribution in [0.25, 0.3) is 0 Å². The molecule has 1 aromatic heterocycles. The molecule has 0 saturated heterocycles. The van der Waals surface area contributed by atoms with Crippen LogP contribution in [0.15, 0.2) is 0 Å². The molecule has 1 aliphatic rings. The minimum Gasteiger partial charge on any atom is -0.462 e. The third-order valence-electron chi connectivity index (χ3n) is 4.49. The van der Waals surface area contributed by atoms with Gasteiger partial charge in [0.2, 0.25) is 0 Å². The lowest BCUT2D eigenvalue weighted by Crippen LogP contribution is -2.29. The van der Waals surface area contributed by atoms with Gasteiger partial charge in [-0.2, -0.15) is 0 Å². The van der Waals surface area contributed by atoms with Crippen molar-refractivity contribution in [2.45, 2.75) is 65.9 Å². The van der Waals surface area contributed by atoms with Crippen LogP contribution >= 0.6 is 11.3 Å². The van der Waals surface area contributed by atoms with Crippen molar-refractivity contribution >= 4 is 34.2 Å².